The zero-order chi connectivity index (χ0) is 7.90. The number of fused-ring (bicyclic) bond motifs is 2. The number of rotatable bonds is 0. The summed E-state index contributed by atoms with van der Waals surface area (Å²) in [6, 6.07) is 0. The first-order valence-electron chi connectivity index (χ1n) is 4.87. The molecule has 2 saturated carbocycles. The Bertz CT molecular complexity index is 151. The third-order valence-corrected chi connectivity index (χ3v) is 4.76. The zero-order valence-corrected chi connectivity index (χ0v) is 9.43. The van der Waals surface area contributed by atoms with E-state index in [9.17, 15) is 0 Å². The van der Waals surface area contributed by atoms with E-state index >= 15 is 0 Å². The summed E-state index contributed by atoms with van der Waals surface area (Å²) in [5.74, 6) is 2.09. The Morgan fingerprint density at radius 1 is 1.36 bits per heavy atom. The van der Waals surface area contributed by atoms with Gasteiger partial charge in [0, 0.05) is 3.42 Å². The minimum absolute atomic E-state index is 0.721. The maximum Gasteiger partial charge on any atom is 0.0227 e. The van der Waals surface area contributed by atoms with Crippen molar-refractivity contribution in [1.29, 1.82) is 0 Å². The molecule has 0 aromatic rings. The molecule has 3 atom stereocenters. The molecule has 0 heterocycles. The summed E-state index contributed by atoms with van der Waals surface area (Å²) in [5.41, 5.74) is 0. The second-order valence-electron chi connectivity index (χ2n) is 4.66. The minimum atomic E-state index is 0.721. The molecule has 2 bridgehead atoms. The van der Waals surface area contributed by atoms with Crippen molar-refractivity contribution in [2.24, 2.45) is 11.8 Å². The van der Waals surface area contributed by atoms with Crippen LogP contribution in [-0.2, 0) is 0 Å². The standard InChI is InChI=1S/C10H17I/c1-8-5-9-3-2-4-10(11,6-8)7-9/h8-9H,2-7H2,1H3. The molecule has 0 aromatic carbocycles. The Morgan fingerprint density at radius 3 is 2.91 bits per heavy atom. The molecule has 0 aromatic heterocycles. The minimum Gasteiger partial charge on any atom is -0.0789 e. The third-order valence-electron chi connectivity index (χ3n) is 3.34. The lowest BCUT2D eigenvalue weighted by Crippen LogP contribution is -2.36. The molecule has 0 radical (unpaired) electrons. The molecule has 0 amide bonds. The fourth-order valence-corrected chi connectivity index (χ4v) is 4.85. The molecule has 64 valence electrons. The normalized spacial score (nSPS) is 50.7. The highest BCUT2D eigenvalue weighted by Gasteiger charge is 2.39. The first-order valence-corrected chi connectivity index (χ1v) is 5.95. The molecule has 2 aliphatic carbocycles. The van der Waals surface area contributed by atoms with Gasteiger partial charge in [-0.25, -0.2) is 0 Å². The Kier molecular flexibility index (Phi) is 2.19. The van der Waals surface area contributed by atoms with Crippen molar-refractivity contribution >= 4 is 22.6 Å². The Labute approximate surface area is 83.3 Å². The van der Waals surface area contributed by atoms with Crippen LogP contribution in [0.2, 0.25) is 0 Å². The van der Waals surface area contributed by atoms with Crippen LogP contribution >= 0.6 is 22.6 Å². The molecule has 3 unspecified atom stereocenters. The quantitative estimate of drug-likeness (QED) is 0.461. The van der Waals surface area contributed by atoms with Crippen LogP contribution in [-0.4, -0.2) is 3.42 Å². The van der Waals surface area contributed by atoms with Gasteiger partial charge in [0.25, 0.3) is 0 Å². The van der Waals surface area contributed by atoms with E-state index in [1.165, 1.54) is 38.5 Å². The summed E-state index contributed by atoms with van der Waals surface area (Å²) in [5, 5.41) is 0. The topological polar surface area (TPSA) is 0 Å². The first-order chi connectivity index (χ1) is 5.18. The van der Waals surface area contributed by atoms with Crippen LogP contribution in [0.3, 0.4) is 0 Å². The van der Waals surface area contributed by atoms with Crippen molar-refractivity contribution in [2.45, 2.75) is 48.9 Å². The van der Waals surface area contributed by atoms with Gasteiger partial charge in [0.05, 0.1) is 0 Å². The highest BCUT2D eigenvalue weighted by molar-refractivity contribution is 14.1. The van der Waals surface area contributed by atoms with E-state index in [-0.39, 0.29) is 0 Å². The predicted octanol–water partition coefficient (Wildman–Crippen LogP) is 3.78. The second-order valence-corrected chi connectivity index (χ2v) is 6.95. The van der Waals surface area contributed by atoms with Crippen molar-refractivity contribution in [3.8, 4) is 0 Å². The van der Waals surface area contributed by atoms with Gasteiger partial charge in [-0.2, -0.15) is 0 Å². The molecule has 11 heavy (non-hydrogen) atoms. The average Bonchev–Trinajstić information content (AvgIpc) is 1.82. The summed E-state index contributed by atoms with van der Waals surface area (Å²) in [6.45, 7) is 2.44. The van der Waals surface area contributed by atoms with Crippen LogP contribution in [0.5, 0.6) is 0 Å². The van der Waals surface area contributed by atoms with E-state index in [0.29, 0.717) is 0 Å². The molecule has 1 heteroatoms. The molecule has 2 fully saturated rings. The van der Waals surface area contributed by atoms with Crippen LogP contribution in [0, 0.1) is 11.8 Å². The Balaban J connectivity index is 2.09. The van der Waals surface area contributed by atoms with Crippen molar-refractivity contribution in [2.75, 3.05) is 0 Å². The highest BCUT2D eigenvalue weighted by Crippen LogP contribution is 2.50. The van der Waals surface area contributed by atoms with E-state index < -0.39 is 0 Å². The number of alkyl halides is 1. The van der Waals surface area contributed by atoms with Crippen LogP contribution in [0.25, 0.3) is 0 Å². The van der Waals surface area contributed by atoms with Gasteiger partial charge >= 0.3 is 0 Å². The van der Waals surface area contributed by atoms with Gasteiger partial charge in [-0.15, -0.1) is 0 Å². The summed E-state index contributed by atoms with van der Waals surface area (Å²) in [7, 11) is 0. The van der Waals surface area contributed by atoms with Crippen LogP contribution in [0.1, 0.15) is 45.4 Å². The Hall–Kier alpha value is 0.730. The van der Waals surface area contributed by atoms with E-state index in [1.54, 1.807) is 0 Å². The molecule has 0 saturated heterocycles. The lowest BCUT2D eigenvalue weighted by Gasteiger charge is -2.44. The van der Waals surface area contributed by atoms with Crippen molar-refractivity contribution in [3.63, 3.8) is 0 Å². The van der Waals surface area contributed by atoms with Gasteiger partial charge < -0.3 is 0 Å². The van der Waals surface area contributed by atoms with E-state index in [4.69, 9.17) is 0 Å². The molecule has 2 rings (SSSR count). The fourth-order valence-electron chi connectivity index (χ4n) is 3.09. The van der Waals surface area contributed by atoms with Crippen molar-refractivity contribution in [1.82, 2.24) is 0 Å². The van der Waals surface area contributed by atoms with Crippen LogP contribution in [0.4, 0.5) is 0 Å². The summed E-state index contributed by atoms with van der Waals surface area (Å²) >= 11 is 2.74. The van der Waals surface area contributed by atoms with Crippen molar-refractivity contribution < 1.29 is 0 Å². The largest absolute Gasteiger partial charge is 0.0789 e. The molecule has 0 nitrogen and oxygen atoms in total. The fraction of sp³-hybridized carbons (Fsp3) is 1.00. The van der Waals surface area contributed by atoms with Crippen molar-refractivity contribution in [3.05, 3.63) is 0 Å². The molecule has 0 spiro atoms. The van der Waals surface area contributed by atoms with Gasteiger partial charge in [0.1, 0.15) is 0 Å². The summed E-state index contributed by atoms with van der Waals surface area (Å²) in [4.78, 5) is 0. The molecular formula is C10H17I. The number of halogens is 1. The smallest absolute Gasteiger partial charge is 0.0227 e. The van der Waals surface area contributed by atoms with Gasteiger partial charge in [-0.05, 0) is 37.5 Å². The van der Waals surface area contributed by atoms with Crippen LogP contribution in [0.15, 0.2) is 0 Å². The summed E-state index contributed by atoms with van der Waals surface area (Å²) in [6.07, 6.45) is 9.05. The predicted molar refractivity (Wildman–Crippen MR) is 57.1 cm³/mol. The summed E-state index contributed by atoms with van der Waals surface area (Å²) < 4.78 is 0.721. The second kappa shape index (κ2) is 2.90. The zero-order valence-electron chi connectivity index (χ0n) is 7.28. The van der Waals surface area contributed by atoms with Gasteiger partial charge in [-0.3, -0.25) is 0 Å². The number of hydrogen-bond acceptors (Lipinski definition) is 0. The lowest BCUT2D eigenvalue weighted by molar-refractivity contribution is 0.180. The molecule has 0 N–H and O–H groups in total. The Morgan fingerprint density at radius 2 is 2.18 bits per heavy atom. The van der Waals surface area contributed by atoms with Gasteiger partial charge in [0.2, 0.25) is 0 Å². The van der Waals surface area contributed by atoms with Gasteiger partial charge in [-0.1, -0.05) is 42.4 Å². The maximum atomic E-state index is 2.74. The maximum absolute atomic E-state index is 2.74. The average molecular weight is 264 g/mol. The van der Waals surface area contributed by atoms with E-state index in [1.807, 2.05) is 0 Å². The monoisotopic (exact) mass is 264 g/mol. The first kappa shape index (κ1) is 8.33. The lowest BCUT2D eigenvalue weighted by atomic mass is 9.68. The molecule has 0 aliphatic heterocycles. The third kappa shape index (κ3) is 1.73. The van der Waals surface area contributed by atoms with E-state index in [2.05, 4.69) is 29.5 Å². The highest BCUT2D eigenvalue weighted by atomic mass is 127. The van der Waals surface area contributed by atoms with Gasteiger partial charge in [0.15, 0.2) is 0 Å². The number of hydrogen-bond donors (Lipinski definition) is 0. The van der Waals surface area contributed by atoms with E-state index in [0.717, 1.165) is 15.3 Å². The SMILES string of the molecule is CC1CC2CCCC(I)(C1)C2. The molecular weight excluding hydrogens is 247 g/mol. The van der Waals surface area contributed by atoms with Crippen LogP contribution < -0.4 is 0 Å². The molecule has 2 aliphatic rings.